The van der Waals surface area contributed by atoms with Gasteiger partial charge in [-0.1, -0.05) is 18.2 Å². The lowest BCUT2D eigenvalue weighted by Crippen LogP contribution is -2.36. The van der Waals surface area contributed by atoms with Crippen LogP contribution in [0.15, 0.2) is 29.4 Å². The Labute approximate surface area is 126 Å². The van der Waals surface area contributed by atoms with Gasteiger partial charge in [-0.25, -0.2) is 9.69 Å². The van der Waals surface area contributed by atoms with Gasteiger partial charge in [-0.2, -0.15) is 5.10 Å². The Hall–Kier alpha value is -2.70. The number of fused-ring (bicyclic) bond motifs is 1. The van der Waals surface area contributed by atoms with Crippen molar-refractivity contribution >= 4 is 29.2 Å². The number of amides is 2. The number of nitrogens with zero attached hydrogens (tertiary/aromatic N) is 2. The number of hydrogen-bond acceptors (Lipinski definition) is 6. The highest BCUT2D eigenvalue weighted by molar-refractivity contribution is 6.46. The van der Waals surface area contributed by atoms with Crippen LogP contribution in [0.25, 0.3) is 0 Å². The van der Waals surface area contributed by atoms with Crippen LogP contribution in [0.5, 0.6) is 0 Å². The van der Waals surface area contributed by atoms with E-state index in [2.05, 4.69) is 10.5 Å². The monoisotopic (exact) mass is 301 g/mol. The summed E-state index contributed by atoms with van der Waals surface area (Å²) in [7, 11) is 0. The fourth-order valence-electron chi connectivity index (χ4n) is 2.71. The molecule has 2 aliphatic rings. The number of carbonyl (C=O) groups is 3. The van der Waals surface area contributed by atoms with Crippen molar-refractivity contribution in [3.63, 3.8) is 0 Å². The maximum absolute atomic E-state index is 12.6. The number of hydrazone groups is 1. The number of imide groups is 1. The zero-order valence-corrected chi connectivity index (χ0v) is 12.2. The third-order valence-electron chi connectivity index (χ3n) is 3.77. The lowest BCUT2D eigenvalue weighted by Gasteiger charge is -2.17. The van der Waals surface area contributed by atoms with Crippen LogP contribution in [-0.4, -0.2) is 36.1 Å². The van der Waals surface area contributed by atoms with Gasteiger partial charge in [0, 0.05) is 0 Å². The SMILES string of the molecule is CCOC(=O)C1=NN[C@@H]2C(=O)N(c3ccccc3C)C(=O)[C@@H]12. The minimum absolute atomic E-state index is 0.0405. The second-order valence-electron chi connectivity index (χ2n) is 5.10. The van der Waals surface area contributed by atoms with E-state index in [4.69, 9.17) is 4.74 Å². The molecule has 0 radical (unpaired) electrons. The largest absolute Gasteiger partial charge is 0.461 e. The zero-order valence-electron chi connectivity index (χ0n) is 12.2. The highest BCUT2D eigenvalue weighted by Gasteiger charge is 2.55. The van der Waals surface area contributed by atoms with Crippen LogP contribution in [0.2, 0.25) is 0 Å². The lowest BCUT2D eigenvalue weighted by molar-refractivity contribution is -0.136. The summed E-state index contributed by atoms with van der Waals surface area (Å²) in [6, 6.07) is 6.26. The Bertz CT molecular complexity index is 698. The number of esters is 1. The van der Waals surface area contributed by atoms with E-state index in [1.54, 1.807) is 19.1 Å². The highest BCUT2D eigenvalue weighted by Crippen LogP contribution is 2.32. The third-order valence-corrected chi connectivity index (χ3v) is 3.77. The maximum atomic E-state index is 12.6. The van der Waals surface area contributed by atoms with Gasteiger partial charge >= 0.3 is 5.97 Å². The molecular formula is C15H15N3O4. The van der Waals surface area contributed by atoms with Gasteiger partial charge in [0.05, 0.1) is 12.3 Å². The minimum Gasteiger partial charge on any atom is -0.461 e. The van der Waals surface area contributed by atoms with Crippen LogP contribution in [0.4, 0.5) is 5.69 Å². The van der Waals surface area contributed by atoms with Gasteiger partial charge in [0.1, 0.15) is 12.0 Å². The van der Waals surface area contributed by atoms with E-state index in [9.17, 15) is 14.4 Å². The van der Waals surface area contributed by atoms with Crippen molar-refractivity contribution in [2.75, 3.05) is 11.5 Å². The van der Waals surface area contributed by atoms with Crippen molar-refractivity contribution in [3.05, 3.63) is 29.8 Å². The van der Waals surface area contributed by atoms with Crippen molar-refractivity contribution in [2.45, 2.75) is 19.9 Å². The smallest absolute Gasteiger partial charge is 0.355 e. The first kappa shape index (κ1) is 14.2. The van der Waals surface area contributed by atoms with Crippen LogP contribution in [0.3, 0.4) is 0 Å². The number of ether oxygens (including phenoxy) is 1. The van der Waals surface area contributed by atoms with Gasteiger partial charge in [0.25, 0.3) is 5.91 Å². The number of anilines is 1. The van der Waals surface area contributed by atoms with Gasteiger partial charge in [0.15, 0.2) is 5.71 Å². The molecule has 1 aromatic rings. The van der Waals surface area contributed by atoms with Gasteiger partial charge in [-0.05, 0) is 25.5 Å². The van der Waals surface area contributed by atoms with E-state index in [-0.39, 0.29) is 12.3 Å². The van der Waals surface area contributed by atoms with E-state index >= 15 is 0 Å². The lowest BCUT2D eigenvalue weighted by atomic mass is 9.99. The normalized spacial score (nSPS) is 23.2. The molecule has 0 aliphatic carbocycles. The molecule has 1 fully saturated rings. The maximum Gasteiger partial charge on any atom is 0.355 e. The van der Waals surface area contributed by atoms with E-state index in [1.165, 1.54) is 0 Å². The fourth-order valence-corrected chi connectivity index (χ4v) is 2.71. The Morgan fingerprint density at radius 2 is 2.05 bits per heavy atom. The number of hydrogen-bond donors (Lipinski definition) is 1. The van der Waals surface area contributed by atoms with Crippen LogP contribution >= 0.6 is 0 Å². The van der Waals surface area contributed by atoms with Gasteiger partial charge in [0.2, 0.25) is 5.91 Å². The second kappa shape index (κ2) is 5.25. The minimum atomic E-state index is -0.925. The van der Waals surface area contributed by atoms with Crippen molar-refractivity contribution in [1.82, 2.24) is 5.43 Å². The summed E-state index contributed by atoms with van der Waals surface area (Å²) >= 11 is 0. The third kappa shape index (κ3) is 1.97. The molecule has 1 saturated heterocycles. The number of nitrogens with one attached hydrogen (secondary N) is 1. The number of para-hydroxylation sites is 1. The molecule has 0 saturated carbocycles. The van der Waals surface area contributed by atoms with E-state index in [0.29, 0.717) is 5.69 Å². The van der Waals surface area contributed by atoms with Crippen molar-refractivity contribution in [1.29, 1.82) is 0 Å². The van der Waals surface area contributed by atoms with E-state index in [0.717, 1.165) is 10.5 Å². The Balaban J connectivity index is 1.95. The van der Waals surface area contributed by atoms with Crippen LogP contribution in [0.1, 0.15) is 12.5 Å². The van der Waals surface area contributed by atoms with Gasteiger partial charge in [-0.3, -0.25) is 15.0 Å². The van der Waals surface area contributed by atoms with Crippen LogP contribution < -0.4 is 10.3 Å². The average molecular weight is 301 g/mol. The van der Waals surface area contributed by atoms with Crippen LogP contribution in [-0.2, 0) is 19.1 Å². The van der Waals surface area contributed by atoms with Gasteiger partial charge in [-0.15, -0.1) is 0 Å². The number of aryl methyl sites for hydroxylation is 1. The predicted molar refractivity (Wildman–Crippen MR) is 78.2 cm³/mol. The van der Waals surface area contributed by atoms with E-state index in [1.807, 2.05) is 19.1 Å². The summed E-state index contributed by atoms with van der Waals surface area (Å²) in [4.78, 5) is 38.1. The van der Waals surface area contributed by atoms with Crippen LogP contribution in [0, 0.1) is 12.8 Å². The standard InChI is InChI=1S/C15H15N3O4/c1-3-22-15(21)12-10-11(16-17-12)14(20)18(13(10)19)9-7-5-4-6-8(9)2/h4-7,10-11,16H,3H2,1-2H3/t10-,11+/m1/s1. The topological polar surface area (TPSA) is 88.1 Å². The molecule has 0 unspecified atom stereocenters. The molecule has 2 aliphatic heterocycles. The first-order valence-corrected chi connectivity index (χ1v) is 7.00. The summed E-state index contributed by atoms with van der Waals surface area (Å²) in [5.74, 6) is -2.46. The molecule has 114 valence electrons. The number of rotatable bonds is 3. The highest BCUT2D eigenvalue weighted by atomic mass is 16.5. The Morgan fingerprint density at radius 3 is 2.73 bits per heavy atom. The zero-order chi connectivity index (χ0) is 15.9. The molecule has 0 spiro atoms. The molecule has 2 atom stereocenters. The summed E-state index contributed by atoms with van der Waals surface area (Å²) in [5.41, 5.74) is 3.87. The fraction of sp³-hybridized carbons (Fsp3) is 0.333. The summed E-state index contributed by atoms with van der Waals surface area (Å²) < 4.78 is 4.89. The molecular weight excluding hydrogens is 286 g/mol. The molecule has 1 aromatic carbocycles. The first-order chi connectivity index (χ1) is 10.6. The summed E-state index contributed by atoms with van der Waals surface area (Å²) in [6.45, 7) is 3.66. The van der Waals surface area contributed by atoms with Crippen molar-refractivity contribution < 1.29 is 19.1 Å². The number of carbonyl (C=O) groups excluding carboxylic acids is 3. The molecule has 7 heteroatoms. The quantitative estimate of drug-likeness (QED) is 0.644. The van der Waals surface area contributed by atoms with Crippen molar-refractivity contribution in [2.24, 2.45) is 11.0 Å². The van der Waals surface area contributed by atoms with Crippen molar-refractivity contribution in [3.8, 4) is 0 Å². The molecule has 3 rings (SSSR count). The Kier molecular flexibility index (Phi) is 3.40. The predicted octanol–water partition coefficient (Wildman–Crippen LogP) is 0.375. The molecule has 22 heavy (non-hydrogen) atoms. The average Bonchev–Trinajstić information content (AvgIpc) is 3.02. The van der Waals surface area contributed by atoms with Gasteiger partial charge < -0.3 is 4.74 Å². The Morgan fingerprint density at radius 1 is 1.32 bits per heavy atom. The second-order valence-corrected chi connectivity index (χ2v) is 5.10. The molecule has 0 bridgehead atoms. The van der Waals surface area contributed by atoms with E-state index < -0.39 is 29.7 Å². The summed E-state index contributed by atoms with van der Waals surface area (Å²) in [5, 5.41) is 3.81. The summed E-state index contributed by atoms with van der Waals surface area (Å²) in [6.07, 6.45) is 0. The number of benzene rings is 1. The first-order valence-electron chi connectivity index (χ1n) is 7.00. The molecule has 1 N–H and O–H groups in total. The molecule has 2 heterocycles. The molecule has 2 amide bonds. The molecule has 0 aromatic heterocycles. The molecule has 7 nitrogen and oxygen atoms in total.